The number of carbonyl (C=O) groups excluding carboxylic acids is 5. The average Bonchev–Trinajstić information content (AvgIpc) is 3.32. The van der Waals surface area contributed by atoms with E-state index in [0.717, 1.165) is 17.7 Å². The predicted octanol–water partition coefficient (Wildman–Crippen LogP) is -0.127. The lowest BCUT2D eigenvalue weighted by Crippen LogP contribution is -2.48. The number of ether oxygens (including phenoxy) is 1. The van der Waals surface area contributed by atoms with Gasteiger partial charge in [-0.25, -0.2) is 9.59 Å². The van der Waals surface area contributed by atoms with Crippen LogP contribution in [0.15, 0.2) is 0 Å². The summed E-state index contributed by atoms with van der Waals surface area (Å²) >= 11 is 0. The predicted molar refractivity (Wildman–Crippen MR) is 88.7 cm³/mol. The fraction of sp³-hybridized carbons (Fsp3) is 0.688. The Morgan fingerprint density at radius 3 is 2.42 bits per heavy atom. The fourth-order valence-electron chi connectivity index (χ4n) is 2.73. The van der Waals surface area contributed by atoms with E-state index in [1.807, 2.05) is 5.32 Å². The lowest BCUT2D eigenvalue weighted by molar-refractivity contribution is -0.156. The molecule has 1 aliphatic heterocycles. The number of imide groups is 2. The van der Waals surface area contributed by atoms with Crippen molar-refractivity contribution >= 4 is 29.8 Å². The maximum absolute atomic E-state index is 12.4. The van der Waals surface area contributed by atoms with Crippen molar-refractivity contribution in [3.63, 3.8) is 0 Å². The molecule has 2 rings (SSSR count). The van der Waals surface area contributed by atoms with Gasteiger partial charge in [-0.2, -0.15) is 0 Å². The molecular weight excluding hydrogens is 344 g/mol. The number of hydrogen-bond acceptors (Lipinski definition) is 6. The molecule has 0 aromatic carbocycles. The second-order valence-electron chi connectivity index (χ2n) is 7.05. The van der Waals surface area contributed by atoms with Gasteiger partial charge in [0.05, 0.1) is 0 Å². The zero-order valence-corrected chi connectivity index (χ0v) is 15.3. The van der Waals surface area contributed by atoms with Crippen LogP contribution >= 0.6 is 0 Å². The van der Waals surface area contributed by atoms with Crippen LogP contribution in [0, 0.1) is 5.92 Å². The number of nitrogens with one attached hydrogen (secondary N) is 3. The first-order chi connectivity index (χ1) is 12.0. The standard InChI is InChI=1S/C16H24N4O6/c1-8(2)17-14(24)18-12(22)9(3)26-11(21)7-20-13(23)16(4,10-5-6-10)19-15(20)25/h8-10H,5-7H2,1-4H3,(H,19,25)(H2,17,18,22,24)/t9-,16-/m0/s1. The van der Waals surface area contributed by atoms with Crippen LogP contribution in [0.2, 0.25) is 0 Å². The van der Waals surface area contributed by atoms with Crippen molar-refractivity contribution in [3.05, 3.63) is 0 Å². The van der Waals surface area contributed by atoms with E-state index in [2.05, 4.69) is 10.6 Å². The van der Waals surface area contributed by atoms with Crippen LogP contribution in [-0.2, 0) is 19.1 Å². The molecular formula is C16H24N4O6. The Labute approximate surface area is 151 Å². The third-order valence-corrected chi connectivity index (χ3v) is 4.32. The fourth-order valence-corrected chi connectivity index (χ4v) is 2.73. The second kappa shape index (κ2) is 7.30. The highest BCUT2D eigenvalue weighted by Crippen LogP contribution is 2.42. The molecule has 10 heteroatoms. The summed E-state index contributed by atoms with van der Waals surface area (Å²) in [4.78, 5) is 60.5. The summed E-state index contributed by atoms with van der Waals surface area (Å²) < 4.78 is 4.92. The number of hydrogen-bond donors (Lipinski definition) is 3. The first-order valence-corrected chi connectivity index (χ1v) is 8.49. The maximum atomic E-state index is 12.4. The van der Waals surface area contributed by atoms with Gasteiger partial charge in [-0.1, -0.05) is 0 Å². The van der Waals surface area contributed by atoms with E-state index in [9.17, 15) is 24.0 Å². The molecule has 2 atom stereocenters. The summed E-state index contributed by atoms with van der Waals surface area (Å²) in [5.74, 6) is -2.13. The van der Waals surface area contributed by atoms with Gasteiger partial charge < -0.3 is 15.4 Å². The number of esters is 1. The molecule has 0 radical (unpaired) electrons. The van der Waals surface area contributed by atoms with Gasteiger partial charge in [-0.05, 0) is 46.5 Å². The highest BCUT2D eigenvalue weighted by Gasteiger charge is 2.56. The van der Waals surface area contributed by atoms with Crippen molar-refractivity contribution in [1.82, 2.24) is 20.9 Å². The van der Waals surface area contributed by atoms with E-state index in [1.54, 1.807) is 20.8 Å². The third-order valence-electron chi connectivity index (χ3n) is 4.32. The van der Waals surface area contributed by atoms with Gasteiger partial charge in [0, 0.05) is 6.04 Å². The number of carbonyl (C=O) groups is 5. The molecule has 0 bridgehead atoms. The van der Waals surface area contributed by atoms with Gasteiger partial charge in [-0.3, -0.25) is 24.6 Å². The largest absolute Gasteiger partial charge is 0.451 e. The Morgan fingerprint density at radius 1 is 1.27 bits per heavy atom. The molecule has 6 amide bonds. The van der Waals surface area contributed by atoms with E-state index in [0.29, 0.717) is 0 Å². The zero-order valence-electron chi connectivity index (χ0n) is 15.3. The molecule has 10 nitrogen and oxygen atoms in total. The van der Waals surface area contributed by atoms with Crippen LogP contribution in [0.4, 0.5) is 9.59 Å². The van der Waals surface area contributed by atoms with Crippen LogP contribution < -0.4 is 16.0 Å². The summed E-state index contributed by atoms with van der Waals surface area (Å²) in [6.45, 7) is 5.78. The van der Waals surface area contributed by atoms with Crippen molar-refractivity contribution in [2.75, 3.05) is 6.54 Å². The van der Waals surface area contributed by atoms with Crippen LogP contribution in [0.3, 0.4) is 0 Å². The summed E-state index contributed by atoms with van der Waals surface area (Å²) in [5.41, 5.74) is -0.991. The smallest absolute Gasteiger partial charge is 0.327 e. The molecule has 1 saturated heterocycles. The van der Waals surface area contributed by atoms with Gasteiger partial charge in [0.1, 0.15) is 12.1 Å². The molecule has 1 aliphatic carbocycles. The molecule has 0 aromatic heterocycles. The summed E-state index contributed by atoms with van der Waals surface area (Å²) in [7, 11) is 0. The Morgan fingerprint density at radius 2 is 1.88 bits per heavy atom. The van der Waals surface area contributed by atoms with E-state index < -0.39 is 48.0 Å². The summed E-state index contributed by atoms with van der Waals surface area (Å²) in [5, 5.41) is 7.11. The van der Waals surface area contributed by atoms with Crippen LogP contribution in [0.5, 0.6) is 0 Å². The monoisotopic (exact) mass is 368 g/mol. The van der Waals surface area contributed by atoms with Gasteiger partial charge in [0.15, 0.2) is 6.10 Å². The minimum atomic E-state index is -1.25. The normalized spacial score (nSPS) is 23.5. The van der Waals surface area contributed by atoms with Crippen molar-refractivity contribution in [3.8, 4) is 0 Å². The topological polar surface area (TPSA) is 134 Å². The van der Waals surface area contributed by atoms with E-state index in [-0.39, 0.29) is 12.0 Å². The molecule has 0 unspecified atom stereocenters. The van der Waals surface area contributed by atoms with E-state index in [4.69, 9.17) is 4.74 Å². The molecule has 26 heavy (non-hydrogen) atoms. The van der Waals surface area contributed by atoms with Gasteiger partial charge >= 0.3 is 18.0 Å². The van der Waals surface area contributed by atoms with Crippen LogP contribution in [-0.4, -0.2) is 59.0 Å². The molecule has 1 saturated carbocycles. The highest BCUT2D eigenvalue weighted by molar-refractivity contribution is 6.09. The van der Waals surface area contributed by atoms with Crippen molar-refractivity contribution in [2.24, 2.45) is 5.92 Å². The lowest BCUT2D eigenvalue weighted by Gasteiger charge is -2.21. The second-order valence-corrected chi connectivity index (χ2v) is 7.05. The van der Waals surface area contributed by atoms with E-state index >= 15 is 0 Å². The van der Waals surface area contributed by atoms with Crippen molar-refractivity contribution in [1.29, 1.82) is 0 Å². The Kier molecular flexibility index (Phi) is 5.53. The first-order valence-electron chi connectivity index (χ1n) is 8.49. The number of nitrogens with zero attached hydrogens (tertiary/aromatic N) is 1. The molecule has 3 N–H and O–H groups in total. The van der Waals surface area contributed by atoms with Crippen molar-refractivity contribution < 1.29 is 28.7 Å². The molecule has 0 aromatic rings. The quantitative estimate of drug-likeness (QED) is 0.442. The minimum absolute atomic E-state index is 0.0733. The van der Waals surface area contributed by atoms with Gasteiger partial charge in [0.25, 0.3) is 11.8 Å². The number of urea groups is 2. The molecule has 0 spiro atoms. The van der Waals surface area contributed by atoms with Crippen LogP contribution in [0.25, 0.3) is 0 Å². The average molecular weight is 368 g/mol. The van der Waals surface area contributed by atoms with Gasteiger partial charge in [0.2, 0.25) is 0 Å². The molecule has 2 aliphatic rings. The Bertz CT molecular complexity index is 645. The maximum Gasteiger partial charge on any atom is 0.327 e. The lowest BCUT2D eigenvalue weighted by atomic mass is 9.96. The minimum Gasteiger partial charge on any atom is -0.451 e. The van der Waals surface area contributed by atoms with Crippen LogP contribution in [0.1, 0.15) is 40.5 Å². The molecule has 2 fully saturated rings. The SMILES string of the molecule is CC(C)NC(=O)NC(=O)[C@H](C)OC(=O)CN1C(=O)N[C@@](C)(C2CC2)C1=O. The van der Waals surface area contributed by atoms with Crippen molar-refractivity contribution in [2.45, 2.75) is 58.2 Å². The highest BCUT2D eigenvalue weighted by atomic mass is 16.5. The number of amides is 6. The third kappa shape index (κ3) is 4.30. The van der Waals surface area contributed by atoms with Gasteiger partial charge in [-0.15, -0.1) is 0 Å². The Balaban J connectivity index is 1.86. The zero-order chi connectivity index (χ0) is 19.6. The summed E-state index contributed by atoms with van der Waals surface area (Å²) in [6.07, 6.45) is 0.434. The molecule has 1 heterocycles. The first kappa shape index (κ1) is 19.7. The van der Waals surface area contributed by atoms with E-state index in [1.165, 1.54) is 6.92 Å². The number of rotatable bonds is 6. The summed E-state index contributed by atoms with van der Waals surface area (Å²) in [6, 6.07) is -1.53. The Hall–Kier alpha value is -2.65. The molecule has 144 valence electrons.